The molecule has 0 radical (unpaired) electrons. The highest BCUT2D eigenvalue weighted by atomic mass is 19.4. The van der Waals surface area contributed by atoms with E-state index in [-0.39, 0.29) is 5.56 Å². The Morgan fingerprint density at radius 1 is 1.36 bits per heavy atom. The molecule has 1 aliphatic rings. The highest BCUT2D eigenvalue weighted by Gasteiger charge is 2.64. The molecule has 1 aromatic rings. The van der Waals surface area contributed by atoms with Gasteiger partial charge in [0.25, 0.3) is 5.91 Å². The smallest absolute Gasteiger partial charge is 0.427 e. The van der Waals surface area contributed by atoms with E-state index in [4.69, 9.17) is 10.5 Å². The predicted octanol–water partition coefficient (Wildman–Crippen LogP) is 2.14. The van der Waals surface area contributed by atoms with Gasteiger partial charge in [-0.3, -0.25) is 4.79 Å². The number of alkyl halides is 3. The van der Waals surface area contributed by atoms with Crippen molar-refractivity contribution in [1.29, 1.82) is 0 Å². The van der Waals surface area contributed by atoms with E-state index in [0.717, 1.165) is 5.56 Å². The number of carbonyl (C=O) groups excluding carboxylic acids is 1. The molecule has 0 aliphatic carbocycles. The molecular weight excluding hydrogens is 299 g/mol. The number of hydrogen-bond donors (Lipinski definition) is 2. The van der Waals surface area contributed by atoms with E-state index in [1.165, 1.54) is 19.9 Å². The summed E-state index contributed by atoms with van der Waals surface area (Å²) in [6.07, 6.45) is -4.61. The number of benzene rings is 1. The molecule has 0 saturated heterocycles. The molecule has 2 rings (SSSR count). The maximum atomic E-state index is 13.4. The summed E-state index contributed by atoms with van der Waals surface area (Å²) in [5, 5.41) is 10.2. The van der Waals surface area contributed by atoms with E-state index >= 15 is 0 Å². The standard InChI is InChI=1S/C15H18F3NO3/c1-8(2)11(14(21,13(19)20)15(16,17)18)10-5-3-4-9-6-7-22-12(9)10/h3-5,8,11,21H,6-7H2,1-2H3,(H2,19,20). The first-order valence-corrected chi connectivity index (χ1v) is 6.94. The number of amides is 1. The van der Waals surface area contributed by atoms with E-state index in [2.05, 4.69) is 0 Å². The number of para-hydroxylation sites is 1. The number of hydrogen-bond acceptors (Lipinski definition) is 3. The highest BCUT2D eigenvalue weighted by Crippen LogP contribution is 2.48. The Morgan fingerprint density at radius 3 is 2.50 bits per heavy atom. The van der Waals surface area contributed by atoms with Crippen molar-refractivity contribution in [3.05, 3.63) is 29.3 Å². The zero-order valence-electron chi connectivity index (χ0n) is 12.3. The van der Waals surface area contributed by atoms with Gasteiger partial charge in [-0.1, -0.05) is 32.0 Å². The molecule has 0 spiro atoms. The predicted molar refractivity (Wildman–Crippen MR) is 73.4 cm³/mol. The molecule has 1 aliphatic heterocycles. The third-order valence-corrected chi connectivity index (χ3v) is 4.00. The number of ether oxygens (including phenoxy) is 1. The highest BCUT2D eigenvalue weighted by molar-refractivity contribution is 5.86. The van der Waals surface area contributed by atoms with E-state index in [1.807, 2.05) is 0 Å². The van der Waals surface area contributed by atoms with Gasteiger partial charge in [0.2, 0.25) is 5.60 Å². The van der Waals surface area contributed by atoms with Crippen LogP contribution in [0.15, 0.2) is 18.2 Å². The maximum absolute atomic E-state index is 13.4. The molecule has 0 saturated carbocycles. The van der Waals surface area contributed by atoms with E-state index in [1.54, 1.807) is 12.1 Å². The van der Waals surface area contributed by atoms with Gasteiger partial charge in [-0.25, -0.2) is 0 Å². The molecule has 7 heteroatoms. The molecule has 122 valence electrons. The van der Waals surface area contributed by atoms with Gasteiger partial charge in [-0.15, -0.1) is 0 Å². The van der Waals surface area contributed by atoms with Gasteiger partial charge < -0.3 is 15.6 Å². The Morgan fingerprint density at radius 2 is 2.00 bits per heavy atom. The van der Waals surface area contributed by atoms with Crippen molar-refractivity contribution in [2.75, 3.05) is 6.61 Å². The van der Waals surface area contributed by atoms with Crippen molar-refractivity contribution >= 4 is 5.91 Å². The molecule has 1 amide bonds. The van der Waals surface area contributed by atoms with Gasteiger partial charge in [-0.05, 0) is 11.5 Å². The fraction of sp³-hybridized carbons (Fsp3) is 0.533. The van der Waals surface area contributed by atoms with Crippen LogP contribution in [0.3, 0.4) is 0 Å². The summed E-state index contributed by atoms with van der Waals surface area (Å²) in [5.41, 5.74) is 2.20. The zero-order chi connectivity index (χ0) is 16.7. The summed E-state index contributed by atoms with van der Waals surface area (Å²) < 4.78 is 45.7. The number of nitrogens with two attached hydrogens (primary N) is 1. The minimum Gasteiger partial charge on any atom is -0.493 e. The van der Waals surface area contributed by atoms with Gasteiger partial charge >= 0.3 is 6.18 Å². The van der Waals surface area contributed by atoms with Crippen molar-refractivity contribution in [2.24, 2.45) is 11.7 Å². The van der Waals surface area contributed by atoms with Gasteiger partial charge in [0.15, 0.2) is 0 Å². The fourth-order valence-corrected chi connectivity index (χ4v) is 3.02. The molecule has 0 bridgehead atoms. The normalized spacial score (nSPS) is 18.5. The van der Waals surface area contributed by atoms with E-state index in [0.29, 0.717) is 18.8 Å². The van der Waals surface area contributed by atoms with Crippen molar-refractivity contribution < 1.29 is 27.8 Å². The summed E-state index contributed by atoms with van der Waals surface area (Å²) in [4.78, 5) is 11.5. The van der Waals surface area contributed by atoms with E-state index in [9.17, 15) is 23.1 Å². The van der Waals surface area contributed by atoms with Crippen molar-refractivity contribution in [3.63, 3.8) is 0 Å². The van der Waals surface area contributed by atoms with Gasteiger partial charge in [0.05, 0.1) is 6.61 Å². The molecule has 1 heterocycles. The molecule has 1 aromatic carbocycles. The van der Waals surface area contributed by atoms with Crippen molar-refractivity contribution in [3.8, 4) is 5.75 Å². The lowest BCUT2D eigenvalue weighted by molar-refractivity contribution is -0.261. The second-order valence-corrected chi connectivity index (χ2v) is 5.78. The maximum Gasteiger partial charge on any atom is 0.427 e. The average molecular weight is 317 g/mol. The molecule has 0 aromatic heterocycles. The van der Waals surface area contributed by atoms with Gasteiger partial charge in [0.1, 0.15) is 5.75 Å². The van der Waals surface area contributed by atoms with Crippen LogP contribution in [0.4, 0.5) is 13.2 Å². The Balaban J connectivity index is 2.66. The first-order chi connectivity index (χ1) is 10.1. The molecule has 3 N–H and O–H groups in total. The Kier molecular flexibility index (Phi) is 4.12. The first kappa shape index (κ1) is 16.6. The summed E-state index contributed by atoms with van der Waals surface area (Å²) in [6.45, 7) is 3.36. The summed E-state index contributed by atoms with van der Waals surface area (Å²) in [7, 11) is 0. The largest absolute Gasteiger partial charge is 0.493 e. The summed E-state index contributed by atoms with van der Waals surface area (Å²) >= 11 is 0. The lowest BCUT2D eigenvalue weighted by atomic mass is 9.73. The number of primary amides is 1. The molecule has 2 unspecified atom stereocenters. The van der Waals surface area contributed by atoms with Gasteiger partial charge in [0, 0.05) is 17.9 Å². The fourth-order valence-electron chi connectivity index (χ4n) is 3.02. The minimum absolute atomic E-state index is 0.156. The number of carbonyl (C=O) groups is 1. The lowest BCUT2D eigenvalue weighted by Crippen LogP contribution is -2.60. The topological polar surface area (TPSA) is 72.6 Å². The molecular formula is C15H18F3NO3. The first-order valence-electron chi connectivity index (χ1n) is 6.94. The summed E-state index contributed by atoms with van der Waals surface area (Å²) in [5.74, 6) is -3.73. The Hall–Kier alpha value is -1.76. The Bertz CT molecular complexity index is 586. The minimum atomic E-state index is -5.19. The molecule has 0 fully saturated rings. The number of fused-ring (bicyclic) bond motifs is 1. The third-order valence-electron chi connectivity index (χ3n) is 4.00. The number of halogens is 3. The van der Waals surface area contributed by atoms with Crippen molar-refractivity contribution in [1.82, 2.24) is 0 Å². The molecule has 2 atom stereocenters. The van der Waals surface area contributed by atoms with Crippen LogP contribution >= 0.6 is 0 Å². The second-order valence-electron chi connectivity index (χ2n) is 5.78. The van der Waals surface area contributed by atoms with Crippen LogP contribution in [-0.4, -0.2) is 29.4 Å². The van der Waals surface area contributed by atoms with E-state index < -0.39 is 29.5 Å². The monoisotopic (exact) mass is 317 g/mol. The van der Waals surface area contributed by atoms with Crippen LogP contribution in [-0.2, 0) is 11.2 Å². The number of aliphatic hydroxyl groups is 1. The van der Waals surface area contributed by atoms with Crippen LogP contribution < -0.4 is 10.5 Å². The SMILES string of the molecule is CC(C)C(c1cccc2c1OCC2)C(O)(C(N)=O)C(F)(F)F. The second kappa shape index (κ2) is 5.46. The quantitative estimate of drug-likeness (QED) is 0.893. The lowest BCUT2D eigenvalue weighted by Gasteiger charge is -2.38. The number of rotatable bonds is 4. The van der Waals surface area contributed by atoms with Crippen LogP contribution in [0, 0.1) is 5.92 Å². The summed E-state index contributed by atoms with van der Waals surface area (Å²) in [6, 6.07) is 4.78. The third kappa shape index (κ3) is 2.43. The Labute approximate surface area is 126 Å². The van der Waals surface area contributed by atoms with Gasteiger partial charge in [-0.2, -0.15) is 13.2 Å². The average Bonchev–Trinajstić information content (AvgIpc) is 2.85. The van der Waals surface area contributed by atoms with Crippen LogP contribution in [0.1, 0.15) is 30.9 Å². The molecule has 22 heavy (non-hydrogen) atoms. The van der Waals surface area contributed by atoms with Crippen LogP contribution in [0.2, 0.25) is 0 Å². The van der Waals surface area contributed by atoms with Crippen molar-refractivity contribution in [2.45, 2.75) is 38.0 Å². The zero-order valence-corrected chi connectivity index (χ0v) is 12.3. The molecule has 4 nitrogen and oxygen atoms in total. The van der Waals surface area contributed by atoms with Crippen LogP contribution in [0.5, 0.6) is 5.75 Å². The van der Waals surface area contributed by atoms with Crippen LogP contribution in [0.25, 0.3) is 0 Å².